The van der Waals surface area contributed by atoms with Crippen molar-refractivity contribution in [1.82, 2.24) is 10.2 Å². The molecule has 106 valence electrons. The zero-order valence-corrected chi connectivity index (χ0v) is 11.7. The Kier molecular flexibility index (Phi) is 6.41. The number of methoxy groups -OCH3 is 1. The minimum atomic E-state index is 0.706. The largest absolute Gasteiger partial charge is 0.382 e. The lowest BCUT2D eigenvalue weighted by atomic mass is 9.89. The highest BCUT2D eigenvalue weighted by Gasteiger charge is 2.31. The number of nitrogens with one attached hydrogen (secondary N) is 1. The Balaban J connectivity index is 1.66. The smallest absolute Gasteiger partial charge is 0.0700 e. The van der Waals surface area contributed by atoms with Crippen LogP contribution in [0.3, 0.4) is 0 Å². The summed E-state index contributed by atoms with van der Waals surface area (Å²) in [5.41, 5.74) is 0. The van der Waals surface area contributed by atoms with Crippen molar-refractivity contribution < 1.29 is 9.47 Å². The molecule has 4 heteroatoms. The molecule has 1 N–H and O–H groups in total. The summed E-state index contributed by atoms with van der Waals surface area (Å²) in [5.74, 6) is 0.910. The van der Waals surface area contributed by atoms with E-state index in [1.807, 2.05) is 0 Å². The van der Waals surface area contributed by atoms with Crippen molar-refractivity contribution in [2.75, 3.05) is 53.1 Å². The van der Waals surface area contributed by atoms with E-state index in [-0.39, 0.29) is 0 Å². The fourth-order valence-corrected chi connectivity index (χ4v) is 3.32. The molecule has 0 aromatic carbocycles. The average Bonchev–Trinajstić information content (AvgIpc) is 2.88. The molecular weight excluding hydrogens is 228 g/mol. The van der Waals surface area contributed by atoms with E-state index < -0.39 is 0 Å². The first-order valence-electron chi connectivity index (χ1n) is 7.43. The van der Waals surface area contributed by atoms with Crippen LogP contribution in [-0.4, -0.2) is 64.1 Å². The molecule has 2 rings (SSSR count). The number of hydrogen-bond donors (Lipinski definition) is 1. The number of nitrogens with zero attached hydrogens (tertiary/aromatic N) is 1. The van der Waals surface area contributed by atoms with Gasteiger partial charge in [0, 0.05) is 19.7 Å². The number of rotatable bonds is 7. The summed E-state index contributed by atoms with van der Waals surface area (Å²) in [6.07, 6.45) is 5.47. The molecule has 0 saturated carbocycles. The summed E-state index contributed by atoms with van der Waals surface area (Å²) >= 11 is 0. The number of hydrogen-bond acceptors (Lipinski definition) is 4. The Hall–Kier alpha value is -0.160. The maximum absolute atomic E-state index is 5.59. The molecule has 0 spiro atoms. The molecule has 2 fully saturated rings. The van der Waals surface area contributed by atoms with Crippen LogP contribution in [0, 0.1) is 5.92 Å². The van der Waals surface area contributed by atoms with Crippen LogP contribution in [-0.2, 0) is 9.47 Å². The molecule has 2 saturated heterocycles. The fraction of sp³-hybridized carbons (Fsp3) is 1.00. The summed E-state index contributed by atoms with van der Waals surface area (Å²) in [4.78, 5) is 2.66. The second-order valence-electron chi connectivity index (χ2n) is 5.44. The van der Waals surface area contributed by atoms with Gasteiger partial charge in [-0.25, -0.2) is 0 Å². The second kappa shape index (κ2) is 8.10. The van der Waals surface area contributed by atoms with Gasteiger partial charge in [0.05, 0.1) is 19.8 Å². The first-order valence-corrected chi connectivity index (χ1v) is 7.43. The molecule has 1 atom stereocenters. The van der Waals surface area contributed by atoms with Gasteiger partial charge in [0.2, 0.25) is 0 Å². The highest BCUT2D eigenvalue weighted by molar-refractivity contribution is 4.87. The van der Waals surface area contributed by atoms with Crippen molar-refractivity contribution >= 4 is 0 Å². The third-order valence-corrected chi connectivity index (χ3v) is 4.30. The van der Waals surface area contributed by atoms with Crippen molar-refractivity contribution in [2.45, 2.75) is 31.7 Å². The summed E-state index contributed by atoms with van der Waals surface area (Å²) < 4.78 is 10.6. The lowest BCUT2D eigenvalue weighted by Gasteiger charge is -2.34. The van der Waals surface area contributed by atoms with Crippen molar-refractivity contribution in [1.29, 1.82) is 0 Å². The predicted molar refractivity (Wildman–Crippen MR) is 72.9 cm³/mol. The molecule has 2 aliphatic heterocycles. The molecule has 0 bridgehead atoms. The molecule has 0 amide bonds. The maximum atomic E-state index is 5.59. The van der Waals surface area contributed by atoms with Crippen LogP contribution in [0.2, 0.25) is 0 Å². The van der Waals surface area contributed by atoms with Gasteiger partial charge in [-0.1, -0.05) is 0 Å². The van der Waals surface area contributed by atoms with E-state index in [1.165, 1.54) is 45.3 Å². The Morgan fingerprint density at radius 2 is 1.94 bits per heavy atom. The predicted octanol–water partition coefficient (Wildman–Crippen LogP) is 1.11. The van der Waals surface area contributed by atoms with Gasteiger partial charge in [-0.05, 0) is 51.2 Å². The van der Waals surface area contributed by atoms with Gasteiger partial charge >= 0.3 is 0 Å². The molecule has 1 unspecified atom stereocenters. The Morgan fingerprint density at radius 3 is 2.72 bits per heavy atom. The standard InChI is InChI=1S/C14H28N2O2/c1-17-11-12-18-10-9-16-8-2-3-14(16)13-4-6-15-7-5-13/h13-15H,2-12H2,1H3. The molecule has 0 aromatic rings. The highest BCUT2D eigenvalue weighted by Crippen LogP contribution is 2.29. The van der Waals surface area contributed by atoms with Crippen molar-refractivity contribution in [3.8, 4) is 0 Å². The van der Waals surface area contributed by atoms with Crippen LogP contribution >= 0.6 is 0 Å². The number of ether oxygens (including phenoxy) is 2. The molecule has 0 aliphatic carbocycles. The van der Waals surface area contributed by atoms with Gasteiger partial charge in [0.15, 0.2) is 0 Å². The third-order valence-electron chi connectivity index (χ3n) is 4.30. The summed E-state index contributed by atoms with van der Waals surface area (Å²) in [6, 6.07) is 0.818. The third kappa shape index (κ3) is 4.19. The van der Waals surface area contributed by atoms with Crippen molar-refractivity contribution in [3.63, 3.8) is 0 Å². The van der Waals surface area contributed by atoms with E-state index in [4.69, 9.17) is 9.47 Å². The molecule has 4 nitrogen and oxygen atoms in total. The van der Waals surface area contributed by atoms with Crippen LogP contribution in [0.1, 0.15) is 25.7 Å². The molecule has 0 aromatic heterocycles. The Morgan fingerprint density at radius 1 is 1.11 bits per heavy atom. The summed E-state index contributed by atoms with van der Waals surface area (Å²) in [5, 5.41) is 3.46. The maximum Gasteiger partial charge on any atom is 0.0700 e. The molecule has 2 heterocycles. The second-order valence-corrected chi connectivity index (χ2v) is 5.44. The number of piperidine rings is 1. The van der Waals surface area contributed by atoms with Crippen molar-refractivity contribution in [3.05, 3.63) is 0 Å². The van der Waals surface area contributed by atoms with Gasteiger partial charge < -0.3 is 14.8 Å². The van der Waals surface area contributed by atoms with E-state index in [0.29, 0.717) is 6.61 Å². The first kappa shape index (κ1) is 14.3. The minimum absolute atomic E-state index is 0.706. The van der Waals surface area contributed by atoms with Crippen LogP contribution in [0.25, 0.3) is 0 Å². The molecule has 18 heavy (non-hydrogen) atoms. The van der Waals surface area contributed by atoms with Gasteiger partial charge in [-0.15, -0.1) is 0 Å². The fourth-order valence-electron chi connectivity index (χ4n) is 3.32. The van der Waals surface area contributed by atoms with Gasteiger partial charge in [-0.3, -0.25) is 4.90 Å². The summed E-state index contributed by atoms with van der Waals surface area (Å²) in [6.45, 7) is 7.06. The van der Waals surface area contributed by atoms with Crippen LogP contribution in [0.15, 0.2) is 0 Å². The average molecular weight is 256 g/mol. The first-order chi connectivity index (χ1) is 8.92. The quantitative estimate of drug-likeness (QED) is 0.692. The monoisotopic (exact) mass is 256 g/mol. The Bertz CT molecular complexity index is 220. The van der Waals surface area contributed by atoms with E-state index in [2.05, 4.69) is 10.2 Å². The molecule has 2 aliphatic rings. The van der Waals surface area contributed by atoms with E-state index in [1.54, 1.807) is 7.11 Å². The van der Waals surface area contributed by atoms with E-state index in [0.717, 1.165) is 31.7 Å². The van der Waals surface area contributed by atoms with Crippen LogP contribution < -0.4 is 5.32 Å². The summed E-state index contributed by atoms with van der Waals surface area (Å²) in [7, 11) is 1.72. The van der Waals surface area contributed by atoms with Crippen LogP contribution in [0.4, 0.5) is 0 Å². The van der Waals surface area contributed by atoms with Gasteiger partial charge in [0.25, 0.3) is 0 Å². The number of likely N-dealkylation sites (tertiary alicyclic amines) is 1. The molecule has 0 radical (unpaired) electrons. The topological polar surface area (TPSA) is 33.7 Å². The van der Waals surface area contributed by atoms with E-state index >= 15 is 0 Å². The lowest BCUT2D eigenvalue weighted by Crippen LogP contribution is -2.42. The molecular formula is C14H28N2O2. The van der Waals surface area contributed by atoms with Gasteiger partial charge in [0.1, 0.15) is 0 Å². The zero-order chi connectivity index (χ0) is 12.6. The zero-order valence-electron chi connectivity index (χ0n) is 11.7. The van der Waals surface area contributed by atoms with Gasteiger partial charge in [-0.2, -0.15) is 0 Å². The normalized spacial score (nSPS) is 26.8. The Labute approximate surface area is 111 Å². The minimum Gasteiger partial charge on any atom is -0.382 e. The highest BCUT2D eigenvalue weighted by atomic mass is 16.5. The van der Waals surface area contributed by atoms with E-state index in [9.17, 15) is 0 Å². The van der Waals surface area contributed by atoms with Crippen LogP contribution in [0.5, 0.6) is 0 Å². The lowest BCUT2D eigenvalue weighted by molar-refractivity contribution is 0.0487. The SMILES string of the molecule is COCCOCCN1CCCC1C1CCNCC1. The van der Waals surface area contributed by atoms with Crippen molar-refractivity contribution in [2.24, 2.45) is 5.92 Å².